The molecule has 0 aliphatic heterocycles. The first-order valence-electron chi connectivity index (χ1n) is 7.49. The molecule has 0 bridgehead atoms. The molecule has 0 aliphatic rings. The third-order valence-corrected chi connectivity index (χ3v) is 5.04. The lowest BCUT2D eigenvalue weighted by atomic mass is 10.1. The van der Waals surface area contributed by atoms with Crippen molar-refractivity contribution in [2.75, 3.05) is 7.05 Å². The minimum absolute atomic E-state index is 0.00770. The minimum atomic E-state index is -3.41. The molecule has 0 amide bonds. The molecule has 2 atom stereocenters. The fourth-order valence-corrected chi connectivity index (χ4v) is 2.91. The maximum absolute atomic E-state index is 11.7. The van der Waals surface area contributed by atoms with Crippen molar-refractivity contribution in [2.24, 2.45) is 0 Å². The van der Waals surface area contributed by atoms with Gasteiger partial charge < -0.3 is 4.42 Å². The van der Waals surface area contributed by atoms with Gasteiger partial charge >= 0.3 is 0 Å². The Morgan fingerprint density at radius 2 is 1.78 bits per heavy atom. The summed E-state index contributed by atoms with van der Waals surface area (Å²) in [5.41, 5.74) is 0.974. The van der Waals surface area contributed by atoms with E-state index in [-0.39, 0.29) is 17.0 Å². The highest BCUT2D eigenvalue weighted by atomic mass is 32.2. The van der Waals surface area contributed by atoms with Crippen LogP contribution in [0.1, 0.15) is 50.2 Å². The highest BCUT2D eigenvalue weighted by Gasteiger charge is 2.17. The maximum atomic E-state index is 11.7. The molecule has 0 saturated carbocycles. The van der Waals surface area contributed by atoms with Crippen molar-refractivity contribution in [3.8, 4) is 0 Å². The second kappa shape index (κ2) is 7.20. The molecule has 2 rings (SSSR count). The van der Waals surface area contributed by atoms with E-state index in [1.165, 1.54) is 7.05 Å². The largest absolute Gasteiger partial charge is 0.424 e. The van der Waals surface area contributed by atoms with Gasteiger partial charge in [0.25, 0.3) is 0 Å². The van der Waals surface area contributed by atoms with E-state index in [9.17, 15) is 8.42 Å². The summed E-state index contributed by atoms with van der Waals surface area (Å²) in [4.78, 5) is 0.244. The molecule has 0 saturated heterocycles. The second-order valence-electron chi connectivity index (χ2n) is 5.27. The quantitative estimate of drug-likeness (QED) is 0.801. The molecule has 2 aromatic rings. The van der Waals surface area contributed by atoms with Crippen LogP contribution < -0.4 is 10.0 Å². The van der Waals surface area contributed by atoms with Crippen LogP contribution in [0.2, 0.25) is 0 Å². The first-order chi connectivity index (χ1) is 10.9. The van der Waals surface area contributed by atoms with Gasteiger partial charge in [0.15, 0.2) is 0 Å². The number of aromatic nitrogens is 2. The van der Waals surface area contributed by atoms with E-state index in [1.54, 1.807) is 24.3 Å². The normalized spacial score (nSPS) is 14.6. The average molecular weight is 338 g/mol. The monoisotopic (exact) mass is 338 g/mol. The van der Waals surface area contributed by atoms with Crippen LogP contribution in [-0.4, -0.2) is 25.7 Å². The highest BCUT2D eigenvalue weighted by Crippen LogP contribution is 2.20. The lowest BCUT2D eigenvalue weighted by Gasteiger charge is -2.18. The lowest BCUT2D eigenvalue weighted by molar-refractivity contribution is 0.374. The molecular weight excluding hydrogens is 316 g/mol. The van der Waals surface area contributed by atoms with Gasteiger partial charge in [-0.15, -0.1) is 10.2 Å². The summed E-state index contributed by atoms with van der Waals surface area (Å²) in [7, 11) is -2.02. The molecule has 0 unspecified atom stereocenters. The maximum Gasteiger partial charge on any atom is 0.240 e. The molecule has 0 fully saturated rings. The fraction of sp³-hybridized carbons (Fsp3) is 0.467. The molecule has 1 heterocycles. The van der Waals surface area contributed by atoms with Crippen molar-refractivity contribution >= 4 is 10.0 Å². The molecule has 1 aromatic heterocycles. The number of nitrogens with one attached hydrogen (secondary N) is 2. The van der Waals surface area contributed by atoms with E-state index in [2.05, 4.69) is 20.2 Å². The Morgan fingerprint density at radius 3 is 2.30 bits per heavy atom. The minimum Gasteiger partial charge on any atom is -0.424 e. The van der Waals surface area contributed by atoms with Crippen molar-refractivity contribution in [3.63, 3.8) is 0 Å². The molecule has 126 valence electrons. The van der Waals surface area contributed by atoms with Crippen molar-refractivity contribution in [1.29, 1.82) is 0 Å². The fourth-order valence-electron chi connectivity index (χ4n) is 2.18. The third-order valence-electron chi connectivity index (χ3n) is 3.61. The summed E-state index contributed by atoms with van der Waals surface area (Å²) in [6.07, 6.45) is 0.705. The number of hydrogen-bond donors (Lipinski definition) is 2. The zero-order chi connectivity index (χ0) is 17.0. The number of benzene rings is 1. The van der Waals surface area contributed by atoms with Gasteiger partial charge in [0, 0.05) is 12.5 Å². The van der Waals surface area contributed by atoms with Gasteiger partial charge in [0.2, 0.25) is 21.8 Å². The van der Waals surface area contributed by atoms with E-state index in [0.717, 1.165) is 5.56 Å². The summed E-state index contributed by atoms with van der Waals surface area (Å²) in [6, 6.07) is 6.67. The van der Waals surface area contributed by atoms with Gasteiger partial charge in [-0.2, -0.15) is 0 Å². The number of aryl methyl sites for hydroxylation is 1. The Balaban J connectivity index is 2.07. The Morgan fingerprint density at radius 1 is 1.13 bits per heavy atom. The van der Waals surface area contributed by atoms with Crippen molar-refractivity contribution < 1.29 is 12.8 Å². The Hall–Kier alpha value is -1.77. The molecule has 2 N–H and O–H groups in total. The first-order valence-corrected chi connectivity index (χ1v) is 8.97. The molecule has 7 nitrogen and oxygen atoms in total. The van der Waals surface area contributed by atoms with Crippen LogP contribution >= 0.6 is 0 Å². The molecule has 0 aliphatic carbocycles. The second-order valence-corrected chi connectivity index (χ2v) is 7.16. The highest BCUT2D eigenvalue weighted by molar-refractivity contribution is 7.89. The summed E-state index contributed by atoms with van der Waals surface area (Å²) in [6.45, 7) is 5.90. The zero-order valence-corrected chi connectivity index (χ0v) is 14.5. The van der Waals surface area contributed by atoms with Crippen molar-refractivity contribution in [2.45, 2.75) is 44.2 Å². The smallest absolute Gasteiger partial charge is 0.240 e. The third kappa shape index (κ3) is 4.15. The van der Waals surface area contributed by atoms with Gasteiger partial charge in [-0.3, -0.25) is 5.32 Å². The van der Waals surface area contributed by atoms with Gasteiger partial charge in [-0.1, -0.05) is 19.1 Å². The molecule has 1 aromatic carbocycles. The summed E-state index contributed by atoms with van der Waals surface area (Å²) in [5.74, 6) is 1.16. The van der Waals surface area contributed by atoms with Crippen molar-refractivity contribution in [3.05, 3.63) is 41.6 Å². The van der Waals surface area contributed by atoms with Gasteiger partial charge in [0.05, 0.1) is 10.9 Å². The topological polar surface area (TPSA) is 97.1 Å². The van der Waals surface area contributed by atoms with Crippen LogP contribution in [0.5, 0.6) is 0 Å². The predicted molar refractivity (Wildman–Crippen MR) is 86.3 cm³/mol. The zero-order valence-electron chi connectivity index (χ0n) is 13.7. The Labute approximate surface area is 136 Å². The van der Waals surface area contributed by atoms with Crippen LogP contribution in [0.25, 0.3) is 0 Å². The molecule has 8 heteroatoms. The number of rotatable bonds is 7. The van der Waals surface area contributed by atoms with E-state index in [0.29, 0.717) is 18.2 Å². The standard InChI is InChI=1S/C15H22N4O3S/c1-5-14-18-19-15(22-14)11(3)17-10(2)12-6-8-13(9-7-12)23(20,21)16-4/h6-11,16-17H,5H2,1-4H3/t10-,11-/m0/s1. The molecule has 23 heavy (non-hydrogen) atoms. The van der Waals surface area contributed by atoms with E-state index in [4.69, 9.17) is 4.42 Å². The van der Waals surface area contributed by atoms with E-state index < -0.39 is 10.0 Å². The van der Waals surface area contributed by atoms with E-state index in [1.807, 2.05) is 20.8 Å². The number of nitrogens with zero attached hydrogens (tertiary/aromatic N) is 2. The van der Waals surface area contributed by atoms with Crippen LogP contribution in [0.3, 0.4) is 0 Å². The Bertz CT molecular complexity index is 740. The SMILES string of the molecule is CCc1nnc([C@H](C)N[C@@H](C)c2ccc(S(=O)(=O)NC)cc2)o1. The van der Waals surface area contributed by atoms with E-state index >= 15 is 0 Å². The summed E-state index contributed by atoms with van der Waals surface area (Å²) >= 11 is 0. The number of hydrogen-bond acceptors (Lipinski definition) is 6. The van der Waals surface area contributed by atoms with Gasteiger partial charge in [-0.25, -0.2) is 13.1 Å². The number of sulfonamides is 1. The van der Waals surface area contributed by atoms with Crippen LogP contribution in [0.15, 0.2) is 33.6 Å². The molecule has 0 radical (unpaired) electrons. The van der Waals surface area contributed by atoms with Crippen molar-refractivity contribution in [1.82, 2.24) is 20.2 Å². The predicted octanol–water partition coefficient (Wildman–Crippen LogP) is 1.95. The summed E-state index contributed by atoms with van der Waals surface area (Å²) in [5, 5.41) is 11.3. The summed E-state index contributed by atoms with van der Waals surface area (Å²) < 4.78 is 31.3. The average Bonchev–Trinajstić information content (AvgIpc) is 3.04. The van der Waals surface area contributed by atoms with Gasteiger partial charge in [0.1, 0.15) is 0 Å². The van der Waals surface area contributed by atoms with Crippen LogP contribution in [-0.2, 0) is 16.4 Å². The van der Waals surface area contributed by atoms with Crippen LogP contribution in [0.4, 0.5) is 0 Å². The molecule has 0 spiro atoms. The van der Waals surface area contributed by atoms with Crippen LogP contribution in [0, 0.1) is 0 Å². The van der Waals surface area contributed by atoms with Gasteiger partial charge in [-0.05, 0) is 38.6 Å². The molecular formula is C15H22N4O3S. The Kier molecular flexibility index (Phi) is 5.51. The lowest BCUT2D eigenvalue weighted by Crippen LogP contribution is -2.23. The first kappa shape index (κ1) is 17.6.